The second-order valence-corrected chi connectivity index (χ2v) is 6.88. The van der Waals surface area contributed by atoms with Crippen LogP contribution in [-0.2, 0) is 11.2 Å². The molecule has 0 bridgehead atoms. The molecule has 0 radical (unpaired) electrons. The van der Waals surface area contributed by atoms with Gasteiger partial charge >= 0.3 is 5.97 Å². The number of aryl methyl sites for hydroxylation is 1. The van der Waals surface area contributed by atoms with Gasteiger partial charge in [-0.05, 0) is 61.8 Å². The van der Waals surface area contributed by atoms with E-state index >= 15 is 0 Å². The molecule has 0 aromatic heterocycles. The fourth-order valence-electron chi connectivity index (χ4n) is 3.40. The number of rotatable bonds is 7. The minimum atomic E-state index is -0.670. The fraction of sp³-hybridized carbons (Fsp3) is 0.588. The van der Waals surface area contributed by atoms with Crippen molar-refractivity contribution in [2.24, 2.45) is 5.41 Å². The lowest BCUT2D eigenvalue weighted by Gasteiger charge is -2.27. The first-order chi connectivity index (χ1) is 10.0. The van der Waals surface area contributed by atoms with E-state index in [9.17, 15) is 9.90 Å². The van der Waals surface area contributed by atoms with Gasteiger partial charge in [0.2, 0.25) is 0 Å². The van der Waals surface area contributed by atoms with Crippen LogP contribution in [0.5, 0.6) is 5.75 Å². The van der Waals surface area contributed by atoms with Crippen LogP contribution >= 0.6 is 15.9 Å². The standard InChI is InChI=1S/C17H23BrO3/c1-2-21-15-6-5-14(18)11-13(15)7-10-17(12-16(19)20)8-3-4-9-17/h5-6,11H,2-4,7-10,12H2,1H3,(H,19,20). The lowest BCUT2D eigenvalue weighted by atomic mass is 9.77. The van der Waals surface area contributed by atoms with Gasteiger partial charge in [0.25, 0.3) is 0 Å². The Labute approximate surface area is 134 Å². The summed E-state index contributed by atoms with van der Waals surface area (Å²) in [5, 5.41) is 9.19. The Morgan fingerprint density at radius 1 is 1.38 bits per heavy atom. The number of carbonyl (C=O) groups is 1. The molecule has 0 atom stereocenters. The van der Waals surface area contributed by atoms with Crippen LogP contribution in [0, 0.1) is 5.41 Å². The Hall–Kier alpha value is -1.03. The zero-order valence-electron chi connectivity index (χ0n) is 12.5. The molecule has 21 heavy (non-hydrogen) atoms. The SMILES string of the molecule is CCOc1ccc(Br)cc1CCC1(CC(=O)O)CCCC1. The summed E-state index contributed by atoms with van der Waals surface area (Å²) in [5.41, 5.74) is 1.15. The van der Waals surface area contributed by atoms with Crippen molar-refractivity contribution < 1.29 is 14.6 Å². The minimum Gasteiger partial charge on any atom is -0.494 e. The third-order valence-corrected chi connectivity index (χ3v) is 4.93. The van der Waals surface area contributed by atoms with Gasteiger partial charge in [0.05, 0.1) is 13.0 Å². The van der Waals surface area contributed by atoms with E-state index in [-0.39, 0.29) is 5.41 Å². The Morgan fingerprint density at radius 2 is 2.10 bits per heavy atom. The van der Waals surface area contributed by atoms with Crippen molar-refractivity contribution in [2.75, 3.05) is 6.61 Å². The van der Waals surface area contributed by atoms with Crippen LogP contribution in [0.2, 0.25) is 0 Å². The maximum atomic E-state index is 11.2. The number of carboxylic acid groups (broad SMARTS) is 1. The molecule has 2 rings (SSSR count). The summed E-state index contributed by atoms with van der Waals surface area (Å²) in [6.07, 6.45) is 6.49. The number of hydrogen-bond acceptors (Lipinski definition) is 2. The second kappa shape index (κ2) is 7.30. The number of halogens is 1. The summed E-state index contributed by atoms with van der Waals surface area (Å²) in [6, 6.07) is 6.06. The van der Waals surface area contributed by atoms with E-state index in [0.29, 0.717) is 13.0 Å². The van der Waals surface area contributed by atoms with E-state index in [1.54, 1.807) is 0 Å². The molecule has 1 saturated carbocycles. The van der Waals surface area contributed by atoms with Gasteiger partial charge in [-0.2, -0.15) is 0 Å². The van der Waals surface area contributed by atoms with Crippen LogP contribution < -0.4 is 4.74 Å². The van der Waals surface area contributed by atoms with Gasteiger partial charge in [-0.15, -0.1) is 0 Å². The molecule has 1 aromatic rings. The van der Waals surface area contributed by atoms with E-state index in [0.717, 1.165) is 48.7 Å². The first-order valence-electron chi connectivity index (χ1n) is 7.68. The number of benzene rings is 1. The maximum Gasteiger partial charge on any atom is 0.303 e. The molecule has 0 unspecified atom stereocenters. The normalized spacial score (nSPS) is 16.9. The predicted octanol–water partition coefficient (Wildman–Crippen LogP) is 4.82. The van der Waals surface area contributed by atoms with Crippen LogP contribution in [0.25, 0.3) is 0 Å². The van der Waals surface area contributed by atoms with Gasteiger partial charge in [-0.3, -0.25) is 4.79 Å². The smallest absolute Gasteiger partial charge is 0.303 e. The van der Waals surface area contributed by atoms with Crippen LogP contribution in [0.1, 0.15) is 51.0 Å². The first kappa shape index (κ1) is 16.3. The summed E-state index contributed by atoms with van der Waals surface area (Å²) < 4.78 is 6.73. The number of hydrogen-bond donors (Lipinski definition) is 1. The van der Waals surface area contributed by atoms with Gasteiger partial charge in [-0.1, -0.05) is 28.8 Å². The van der Waals surface area contributed by atoms with E-state index in [4.69, 9.17) is 4.74 Å². The predicted molar refractivity (Wildman–Crippen MR) is 86.8 cm³/mol. The first-order valence-corrected chi connectivity index (χ1v) is 8.47. The van der Waals surface area contributed by atoms with Crippen LogP contribution in [0.15, 0.2) is 22.7 Å². The quantitative estimate of drug-likeness (QED) is 0.763. The molecule has 116 valence electrons. The van der Waals surface area contributed by atoms with Crippen molar-refractivity contribution in [3.8, 4) is 5.75 Å². The van der Waals surface area contributed by atoms with Gasteiger partial charge in [0.15, 0.2) is 0 Å². The largest absolute Gasteiger partial charge is 0.494 e. The van der Waals surface area contributed by atoms with Crippen LogP contribution in [0.3, 0.4) is 0 Å². The van der Waals surface area contributed by atoms with Crippen molar-refractivity contribution in [3.05, 3.63) is 28.2 Å². The number of ether oxygens (including phenoxy) is 1. The Kier molecular flexibility index (Phi) is 5.68. The van der Waals surface area contributed by atoms with Gasteiger partial charge in [0.1, 0.15) is 5.75 Å². The van der Waals surface area contributed by atoms with Crippen molar-refractivity contribution in [3.63, 3.8) is 0 Å². The Morgan fingerprint density at radius 3 is 2.71 bits per heavy atom. The zero-order chi connectivity index (χ0) is 15.3. The molecule has 0 heterocycles. The molecule has 0 amide bonds. The minimum absolute atomic E-state index is 0.0162. The zero-order valence-corrected chi connectivity index (χ0v) is 14.1. The van der Waals surface area contributed by atoms with E-state index in [1.807, 2.05) is 19.1 Å². The highest BCUT2D eigenvalue weighted by atomic mass is 79.9. The molecular weight excluding hydrogens is 332 g/mol. The average Bonchev–Trinajstić information content (AvgIpc) is 2.87. The van der Waals surface area contributed by atoms with Crippen molar-refractivity contribution in [1.82, 2.24) is 0 Å². The van der Waals surface area contributed by atoms with Crippen molar-refractivity contribution in [2.45, 2.75) is 51.9 Å². The lowest BCUT2D eigenvalue weighted by molar-refractivity contribution is -0.139. The molecule has 0 aliphatic heterocycles. The lowest BCUT2D eigenvalue weighted by Crippen LogP contribution is -2.22. The van der Waals surface area contributed by atoms with E-state index in [1.165, 1.54) is 5.56 Å². The van der Waals surface area contributed by atoms with E-state index < -0.39 is 5.97 Å². The van der Waals surface area contributed by atoms with Crippen LogP contribution in [0.4, 0.5) is 0 Å². The highest BCUT2D eigenvalue weighted by molar-refractivity contribution is 9.10. The summed E-state index contributed by atoms with van der Waals surface area (Å²) in [7, 11) is 0. The Bertz CT molecular complexity index is 493. The Balaban J connectivity index is 2.10. The van der Waals surface area contributed by atoms with Gasteiger partial charge < -0.3 is 9.84 Å². The van der Waals surface area contributed by atoms with E-state index in [2.05, 4.69) is 22.0 Å². The summed E-state index contributed by atoms with van der Waals surface area (Å²) in [6.45, 7) is 2.63. The van der Waals surface area contributed by atoms with Crippen LogP contribution in [-0.4, -0.2) is 17.7 Å². The van der Waals surface area contributed by atoms with Gasteiger partial charge in [0, 0.05) is 4.47 Å². The molecule has 4 heteroatoms. The number of carboxylic acids is 1. The molecule has 3 nitrogen and oxygen atoms in total. The molecular formula is C17H23BrO3. The maximum absolute atomic E-state index is 11.2. The van der Waals surface area contributed by atoms with Gasteiger partial charge in [-0.25, -0.2) is 0 Å². The molecule has 1 fully saturated rings. The number of aliphatic carboxylic acids is 1. The molecule has 0 saturated heterocycles. The summed E-state index contributed by atoms with van der Waals surface area (Å²) >= 11 is 3.50. The molecule has 1 aliphatic rings. The average molecular weight is 355 g/mol. The molecule has 1 N–H and O–H groups in total. The summed E-state index contributed by atoms with van der Waals surface area (Å²) in [5.74, 6) is 0.250. The second-order valence-electron chi connectivity index (χ2n) is 5.96. The third kappa shape index (κ3) is 4.47. The fourth-order valence-corrected chi connectivity index (χ4v) is 3.81. The van der Waals surface area contributed by atoms with Crippen molar-refractivity contribution in [1.29, 1.82) is 0 Å². The molecule has 0 spiro atoms. The topological polar surface area (TPSA) is 46.5 Å². The molecule has 1 aliphatic carbocycles. The van der Waals surface area contributed by atoms with Crippen molar-refractivity contribution >= 4 is 21.9 Å². The summed E-state index contributed by atoms with van der Waals surface area (Å²) in [4.78, 5) is 11.2. The highest BCUT2D eigenvalue weighted by Gasteiger charge is 2.35. The third-order valence-electron chi connectivity index (χ3n) is 4.44. The molecule has 1 aromatic carbocycles. The highest BCUT2D eigenvalue weighted by Crippen LogP contribution is 2.45. The monoisotopic (exact) mass is 354 g/mol.